The Balaban J connectivity index is 2.21. The SMILES string of the molecule is CCCCCCCCCc1ccccc1OOCCC. The van der Waals surface area contributed by atoms with Gasteiger partial charge in [-0.3, -0.25) is 0 Å². The fourth-order valence-corrected chi connectivity index (χ4v) is 2.25. The van der Waals surface area contributed by atoms with Gasteiger partial charge >= 0.3 is 0 Å². The van der Waals surface area contributed by atoms with Crippen LogP contribution in [0.5, 0.6) is 5.75 Å². The second-order valence-corrected chi connectivity index (χ2v) is 5.38. The summed E-state index contributed by atoms with van der Waals surface area (Å²) in [5.74, 6) is 0.881. The molecule has 0 aliphatic rings. The van der Waals surface area contributed by atoms with Crippen molar-refractivity contribution in [1.82, 2.24) is 0 Å². The van der Waals surface area contributed by atoms with E-state index in [4.69, 9.17) is 9.78 Å². The summed E-state index contributed by atoms with van der Waals surface area (Å²) in [5, 5.41) is 0. The summed E-state index contributed by atoms with van der Waals surface area (Å²) in [4.78, 5) is 10.6. The lowest BCUT2D eigenvalue weighted by molar-refractivity contribution is -0.206. The lowest BCUT2D eigenvalue weighted by Gasteiger charge is -2.09. The molecule has 20 heavy (non-hydrogen) atoms. The minimum Gasteiger partial charge on any atom is -0.337 e. The van der Waals surface area contributed by atoms with Crippen molar-refractivity contribution in [1.29, 1.82) is 0 Å². The molecule has 114 valence electrons. The molecule has 0 atom stereocenters. The van der Waals surface area contributed by atoms with Gasteiger partial charge in [0.15, 0.2) is 5.75 Å². The average Bonchev–Trinajstić information content (AvgIpc) is 2.48. The lowest BCUT2D eigenvalue weighted by Crippen LogP contribution is -2.01. The second kappa shape index (κ2) is 11.8. The van der Waals surface area contributed by atoms with Crippen LogP contribution in [-0.4, -0.2) is 6.61 Å². The van der Waals surface area contributed by atoms with Crippen molar-refractivity contribution in [3.8, 4) is 5.75 Å². The zero-order valence-corrected chi connectivity index (χ0v) is 13.2. The van der Waals surface area contributed by atoms with Crippen LogP contribution in [0.2, 0.25) is 0 Å². The summed E-state index contributed by atoms with van der Waals surface area (Å²) in [6.45, 7) is 4.98. The number of aryl methyl sites for hydroxylation is 1. The Hall–Kier alpha value is -1.02. The van der Waals surface area contributed by atoms with E-state index in [2.05, 4.69) is 26.0 Å². The summed E-state index contributed by atoms with van der Waals surface area (Å²) in [6.07, 6.45) is 11.4. The summed E-state index contributed by atoms with van der Waals surface area (Å²) in [6, 6.07) is 8.20. The van der Waals surface area contributed by atoms with E-state index in [1.54, 1.807) is 0 Å². The van der Waals surface area contributed by atoms with E-state index < -0.39 is 0 Å². The molecule has 2 nitrogen and oxygen atoms in total. The van der Waals surface area contributed by atoms with E-state index in [1.165, 1.54) is 50.5 Å². The van der Waals surface area contributed by atoms with Crippen LogP contribution in [0.4, 0.5) is 0 Å². The van der Waals surface area contributed by atoms with Gasteiger partial charge in [-0.25, -0.2) is 0 Å². The van der Waals surface area contributed by atoms with Crippen LogP contribution in [0.1, 0.15) is 70.8 Å². The first-order valence-corrected chi connectivity index (χ1v) is 8.25. The molecular formula is C18H30O2. The Kier molecular flexibility index (Phi) is 10.0. The van der Waals surface area contributed by atoms with Crippen LogP contribution in [0.15, 0.2) is 24.3 Å². The molecule has 0 aromatic heterocycles. The molecule has 0 saturated carbocycles. The molecule has 2 heteroatoms. The van der Waals surface area contributed by atoms with Gasteiger partial charge in [-0.15, -0.1) is 0 Å². The normalized spacial score (nSPS) is 10.7. The predicted molar refractivity (Wildman–Crippen MR) is 85.0 cm³/mol. The fraction of sp³-hybridized carbons (Fsp3) is 0.667. The number of para-hydroxylation sites is 1. The molecule has 0 radical (unpaired) electrons. The third-order valence-electron chi connectivity index (χ3n) is 3.46. The molecule has 0 saturated heterocycles. The Morgan fingerprint density at radius 3 is 2.25 bits per heavy atom. The standard InChI is InChI=1S/C18H30O2/c1-3-5-6-7-8-9-10-13-17-14-11-12-15-18(17)20-19-16-4-2/h11-12,14-15H,3-10,13,16H2,1-2H3. The van der Waals surface area contributed by atoms with Crippen LogP contribution in [0, 0.1) is 0 Å². The first-order chi connectivity index (χ1) is 9.88. The van der Waals surface area contributed by atoms with Gasteiger partial charge in [-0.1, -0.05) is 70.6 Å². The van der Waals surface area contributed by atoms with Crippen molar-refractivity contribution in [3.05, 3.63) is 29.8 Å². The maximum Gasteiger partial charge on any atom is 0.168 e. The highest BCUT2D eigenvalue weighted by atomic mass is 17.2. The largest absolute Gasteiger partial charge is 0.337 e. The van der Waals surface area contributed by atoms with Crippen LogP contribution in [0.25, 0.3) is 0 Å². The smallest absolute Gasteiger partial charge is 0.168 e. The summed E-state index contributed by atoms with van der Waals surface area (Å²) >= 11 is 0. The van der Waals surface area contributed by atoms with Crippen LogP contribution in [0.3, 0.4) is 0 Å². The van der Waals surface area contributed by atoms with Crippen molar-refractivity contribution < 1.29 is 9.78 Å². The maximum absolute atomic E-state index is 5.39. The summed E-state index contributed by atoms with van der Waals surface area (Å²) in [7, 11) is 0. The van der Waals surface area contributed by atoms with Crippen molar-refractivity contribution in [2.75, 3.05) is 6.61 Å². The number of benzene rings is 1. The van der Waals surface area contributed by atoms with Gasteiger partial charge in [0.05, 0.1) is 6.61 Å². The first kappa shape index (κ1) is 17.0. The number of rotatable bonds is 12. The molecule has 0 fully saturated rings. The minimum absolute atomic E-state index is 0.645. The molecular weight excluding hydrogens is 248 g/mol. The highest BCUT2D eigenvalue weighted by Gasteiger charge is 2.03. The van der Waals surface area contributed by atoms with Crippen LogP contribution >= 0.6 is 0 Å². The molecule has 0 amide bonds. The molecule has 1 aromatic carbocycles. The van der Waals surface area contributed by atoms with Gasteiger partial charge in [0.2, 0.25) is 0 Å². The quantitative estimate of drug-likeness (QED) is 0.277. The third-order valence-corrected chi connectivity index (χ3v) is 3.46. The van der Waals surface area contributed by atoms with Crippen molar-refractivity contribution in [2.45, 2.75) is 71.6 Å². The van der Waals surface area contributed by atoms with E-state index in [0.29, 0.717) is 6.61 Å². The Labute approximate surface area is 124 Å². The molecule has 0 aliphatic heterocycles. The van der Waals surface area contributed by atoms with Gasteiger partial charge in [-0.2, -0.15) is 4.89 Å². The molecule has 0 unspecified atom stereocenters. The van der Waals surface area contributed by atoms with Crippen molar-refractivity contribution in [2.24, 2.45) is 0 Å². The zero-order valence-electron chi connectivity index (χ0n) is 13.2. The Bertz CT molecular complexity index is 336. The van der Waals surface area contributed by atoms with E-state index in [0.717, 1.165) is 18.6 Å². The van der Waals surface area contributed by atoms with Crippen molar-refractivity contribution >= 4 is 0 Å². The third kappa shape index (κ3) is 7.54. The van der Waals surface area contributed by atoms with E-state index in [1.807, 2.05) is 12.1 Å². The predicted octanol–water partition coefficient (Wildman–Crippen LogP) is 5.70. The van der Waals surface area contributed by atoms with Crippen LogP contribution < -0.4 is 4.89 Å². The molecule has 0 spiro atoms. The van der Waals surface area contributed by atoms with E-state index in [-0.39, 0.29) is 0 Å². The molecule has 1 rings (SSSR count). The highest BCUT2D eigenvalue weighted by molar-refractivity contribution is 5.32. The van der Waals surface area contributed by atoms with Crippen molar-refractivity contribution in [3.63, 3.8) is 0 Å². The second-order valence-electron chi connectivity index (χ2n) is 5.38. The zero-order chi connectivity index (χ0) is 14.5. The van der Waals surface area contributed by atoms with Gasteiger partial charge in [0, 0.05) is 0 Å². The number of hydrogen-bond donors (Lipinski definition) is 0. The number of hydrogen-bond acceptors (Lipinski definition) is 2. The average molecular weight is 278 g/mol. The maximum atomic E-state index is 5.39. The monoisotopic (exact) mass is 278 g/mol. The molecule has 0 N–H and O–H groups in total. The van der Waals surface area contributed by atoms with E-state index in [9.17, 15) is 0 Å². The summed E-state index contributed by atoms with van der Waals surface area (Å²) in [5.41, 5.74) is 1.26. The van der Waals surface area contributed by atoms with Gasteiger partial charge in [-0.05, 0) is 30.9 Å². The Morgan fingerprint density at radius 2 is 1.50 bits per heavy atom. The topological polar surface area (TPSA) is 18.5 Å². The molecule has 0 bridgehead atoms. The first-order valence-electron chi connectivity index (χ1n) is 8.25. The molecule has 0 aliphatic carbocycles. The van der Waals surface area contributed by atoms with Gasteiger partial charge in [0.1, 0.15) is 0 Å². The highest BCUT2D eigenvalue weighted by Crippen LogP contribution is 2.21. The molecule has 1 aromatic rings. The number of unbranched alkanes of at least 4 members (excludes halogenated alkanes) is 6. The van der Waals surface area contributed by atoms with E-state index >= 15 is 0 Å². The van der Waals surface area contributed by atoms with Gasteiger partial charge in [0.25, 0.3) is 0 Å². The van der Waals surface area contributed by atoms with Crippen LogP contribution in [-0.2, 0) is 11.3 Å². The molecule has 0 heterocycles. The lowest BCUT2D eigenvalue weighted by atomic mass is 10.0. The summed E-state index contributed by atoms with van der Waals surface area (Å²) < 4.78 is 0. The van der Waals surface area contributed by atoms with Gasteiger partial charge < -0.3 is 4.89 Å². The Morgan fingerprint density at radius 1 is 0.800 bits per heavy atom. The minimum atomic E-state index is 0.645. The fourth-order valence-electron chi connectivity index (χ4n) is 2.25.